The maximum absolute atomic E-state index is 11.8. The van der Waals surface area contributed by atoms with E-state index in [1.165, 1.54) is 6.26 Å². The predicted octanol–water partition coefficient (Wildman–Crippen LogP) is 1.43. The lowest BCUT2D eigenvalue weighted by molar-refractivity contribution is 0.0945. The summed E-state index contributed by atoms with van der Waals surface area (Å²) in [4.78, 5) is 15.8. The molecule has 6 heteroatoms. The van der Waals surface area contributed by atoms with Crippen molar-refractivity contribution >= 4 is 11.6 Å². The molecule has 2 aromatic heterocycles. The first-order valence-corrected chi connectivity index (χ1v) is 5.67. The van der Waals surface area contributed by atoms with Crippen LogP contribution in [0.5, 0.6) is 0 Å². The van der Waals surface area contributed by atoms with Crippen molar-refractivity contribution in [1.29, 1.82) is 0 Å². The van der Waals surface area contributed by atoms with Crippen LogP contribution in [0.4, 0.5) is 5.69 Å². The van der Waals surface area contributed by atoms with Gasteiger partial charge in [0.2, 0.25) is 0 Å². The van der Waals surface area contributed by atoms with Crippen molar-refractivity contribution in [1.82, 2.24) is 15.5 Å². The zero-order valence-electron chi connectivity index (χ0n) is 10.0. The molecule has 0 atom stereocenters. The highest BCUT2D eigenvalue weighted by Gasteiger charge is 2.07. The van der Waals surface area contributed by atoms with E-state index in [9.17, 15) is 4.79 Å². The highest BCUT2D eigenvalue weighted by molar-refractivity contribution is 5.92. The van der Waals surface area contributed by atoms with Crippen molar-refractivity contribution in [2.75, 3.05) is 11.9 Å². The SMILES string of the molecule is CCNc1ccc(C(=O)NCc2ccon2)nc1. The number of nitrogens with zero attached hydrogens (tertiary/aromatic N) is 2. The summed E-state index contributed by atoms with van der Waals surface area (Å²) in [7, 11) is 0. The maximum Gasteiger partial charge on any atom is 0.270 e. The number of hydrogen-bond donors (Lipinski definition) is 2. The summed E-state index contributed by atoms with van der Waals surface area (Å²) in [5.74, 6) is -0.235. The molecule has 94 valence electrons. The van der Waals surface area contributed by atoms with E-state index in [1.54, 1.807) is 18.3 Å². The molecule has 0 fully saturated rings. The van der Waals surface area contributed by atoms with Crippen molar-refractivity contribution in [2.24, 2.45) is 0 Å². The van der Waals surface area contributed by atoms with Crippen molar-refractivity contribution in [2.45, 2.75) is 13.5 Å². The van der Waals surface area contributed by atoms with Crippen LogP contribution >= 0.6 is 0 Å². The van der Waals surface area contributed by atoms with Crippen molar-refractivity contribution in [3.05, 3.63) is 42.0 Å². The average Bonchev–Trinajstić information content (AvgIpc) is 2.90. The summed E-state index contributed by atoms with van der Waals surface area (Å²) in [6.45, 7) is 3.14. The van der Waals surface area contributed by atoms with E-state index < -0.39 is 0 Å². The van der Waals surface area contributed by atoms with Gasteiger partial charge in [0.1, 0.15) is 17.7 Å². The number of amides is 1. The monoisotopic (exact) mass is 246 g/mol. The molecule has 0 saturated heterocycles. The average molecular weight is 246 g/mol. The fraction of sp³-hybridized carbons (Fsp3) is 0.250. The Labute approximate surface area is 104 Å². The van der Waals surface area contributed by atoms with Crippen molar-refractivity contribution < 1.29 is 9.32 Å². The molecule has 2 heterocycles. The summed E-state index contributed by atoms with van der Waals surface area (Å²) in [5.41, 5.74) is 1.94. The fourth-order valence-corrected chi connectivity index (χ4v) is 1.43. The molecule has 18 heavy (non-hydrogen) atoms. The number of aromatic nitrogens is 2. The van der Waals surface area contributed by atoms with Crippen LogP contribution in [0.3, 0.4) is 0 Å². The molecule has 0 spiro atoms. The molecule has 2 N–H and O–H groups in total. The van der Waals surface area contributed by atoms with Gasteiger partial charge >= 0.3 is 0 Å². The van der Waals surface area contributed by atoms with Crippen LogP contribution in [-0.4, -0.2) is 22.6 Å². The summed E-state index contributed by atoms with van der Waals surface area (Å²) < 4.78 is 4.67. The van der Waals surface area contributed by atoms with Gasteiger partial charge in [0.05, 0.1) is 18.4 Å². The van der Waals surface area contributed by atoms with Crippen LogP contribution in [0.15, 0.2) is 35.2 Å². The fourth-order valence-electron chi connectivity index (χ4n) is 1.43. The van der Waals surface area contributed by atoms with Gasteiger partial charge in [-0.1, -0.05) is 5.16 Å². The molecule has 0 bridgehead atoms. The molecule has 6 nitrogen and oxygen atoms in total. The molecule has 0 saturated carbocycles. The van der Waals surface area contributed by atoms with Gasteiger partial charge in [-0.05, 0) is 19.1 Å². The highest BCUT2D eigenvalue weighted by Crippen LogP contribution is 2.05. The van der Waals surface area contributed by atoms with Crippen LogP contribution in [-0.2, 0) is 6.54 Å². The van der Waals surface area contributed by atoms with Gasteiger partial charge in [0.15, 0.2) is 0 Å². The Balaban J connectivity index is 1.92. The van der Waals surface area contributed by atoms with Crippen molar-refractivity contribution in [3.8, 4) is 0 Å². The molecular weight excluding hydrogens is 232 g/mol. The van der Waals surface area contributed by atoms with Crippen LogP contribution < -0.4 is 10.6 Å². The molecule has 2 aromatic rings. The Kier molecular flexibility index (Phi) is 3.90. The number of nitrogens with one attached hydrogen (secondary N) is 2. The summed E-state index contributed by atoms with van der Waals surface area (Å²) in [5, 5.41) is 9.52. The molecule has 1 amide bonds. The number of rotatable bonds is 5. The second-order valence-electron chi connectivity index (χ2n) is 3.64. The first kappa shape index (κ1) is 12.1. The van der Waals surface area contributed by atoms with Crippen LogP contribution in [0.1, 0.15) is 23.1 Å². The Bertz CT molecular complexity index is 493. The maximum atomic E-state index is 11.8. The molecule has 0 aliphatic carbocycles. The summed E-state index contributed by atoms with van der Waals surface area (Å²) in [6.07, 6.45) is 3.10. The van der Waals surface area contributed by atoms with E-state index in [1.807, 2.05) is 13.0 Å². The number of hydrogen-bond acceptors (Lipinski definition) is 5. The normalized spacial score (nSPS) is 10.1. The molecule has 0 aliphatic heterocycles. The zero-order chi connectivity index (χ0) is 12.8. The third-order valence-electron chi connectivity index (χ3n) is 2.30. The summed E-state index contributed by atoms with van der Waals surface area (Å²) >= 11 is 0. The Hall–Kier alpha value is -2.37. The first-order chi connectivity index (χ1) is 8.79. The Morgan fingerprint density at radius 3 is 2.89 bits per heavy atom. The largest absolute Gasteiger partial charge is 0.384 e. The lowest BCUT2D eigenvalue weighted by atomic mass is 10.3. The molecule has 0 unspecified atom stereocenters. The predicted molar refractivity (Wildman–Crippen MR) is 66.1 cm³/mol. The Morgan fingerprint density at radius 1 is 1.39 bits per heavy atom. The van der Waals surface area contributed by atoms with Crippen molar-refractivity contribution in [3.63, 3.8) is 0 Å². The van der Waals surface area contributed by atoms with Gasteiger partial charge in [-0.2, -0.15) is 0 Å². The molecule has 0 radical (unpaired) electrons. The minimum Gasteiger partial charge on any atom is -0.384 e. The van der Waals surface area contributed by atoms with E-state index in [2.05, 4.69) is 25.3 Å². The van der Waals surface area contributed by atoms with Crippen LogP contribution in [0.2, 0.25) is 0 Å². The lowest BCUT2D eigenvalue weighted by Crippen LogP contribution is -2.23. The number of pyridine rings is 1. The van der Waals surface area contributed by atoms with Crippen LogP contribution in [0, 0.1) is 0 Å². The van der Waals surface area contributed by atoms with Gasteiger partial charge in [-0.3, -0.25) is 4.79 Å². The van der Waals surface area contributed by atoms with E-state index in [0.29, 0.717) is 17.9 Å². The highest BCUT2D eigenvalue weighted by atomic mass is 16.5. The van der Waals surface area contributed by atoms with E-state index in [-0.39, 0.29) is 5.91 Å². The second-order valence-corrected chi connectivity index (χ2v) is 3.64. The van der Waals surface area contributed by atoms with Gasteiger partial charge < -0.3 is 15.2 Å². The Morgan fingerprint density at radius 2 is 2.28 bits per heavy atom. The topological polar surface area (TPSA) is 80.0 Å². The first-order valence-electron chi connectivity index (χ1n) is 5.67. The minimum absolute atomic E-state index is 0.235. The third-order valence-corrected chi connectivity index (χ3v) is 2.30. The van der Waals surface area contributed by atoms with E-state index >= 15 is 0 Å². The zero-order valence-corrected chi connectivity index (χ0v) is 10.0. The van der Waals surface area contributed by atoms with Gasteiger partial charge in [-0.15, -0.1) is 0 Å². The van der Waals surface area contributed by atoms with Gasteiger partial charge in [-0.25, -0.2) is 4.98 Å². The second kappa shape index (κ2) is 5.81. The quantitative estimate of drug-likeness (QED) is 0.834. The number of carbonyl (C=O) groups is 1. The molecule has 0 aliphatic rings. The minimum atomic E-state index is -0.235. The van der Waals surface area contributed by atoms with Gasteiger partial charge in [0.25, 0.3) is 5.91 Å². The molecule has 2 rings (SSSR count). The third kappa shape index (κ3) is 3.07. The van der Waals surface area contributed by atoms with Crippen LogP contribution in [0.25, 0.3) is 0 Å². The molecule has 0 aromatic carbocycles. The number of carbonyl (C=O) groups excluding carboxylic acids is 1. The van der Waals surface area contributed by atoms with E-state index in [0.717, 1.165) is 12.2 Å². The van der Waals surface area contributed by atoms with E-state index in [4.69, 9.17) is 0 Å². The molecular formula is C12H14N4O2. The number of anilines is 1. The standard InChI is InChI=1S/C12H14N4O2/c1-2-13-9-3-4-11(14-7-9)12(17)15-8-10-5-6-18-16-10/h3-7,13H,2,8H2,1H3,(H,15,17). The van der Waals surface area contributed by atoms with Gasteiger partial charge in [0, 0.05) is 12.6 Å². The lowest BCUT2D eigenvalue weighted by Gasteiger charge is -2.04. The summed E-state index contributed by atoms with van der Waals surface area (Å²) in [6, 6.07) is 5.19. The smallest absolute Gasteiger partial charge is 0.270 e.